The molecule has 0 spiro atoms. The first kappa shape index (κ1) is 27.6. The van der Waals surface area contributed by atoms with Crippen molar-refractivity contribution in [2.75, 3.05) is 0 Å². The van der Waals surface area contributed by atoms with Crippen LogP contribution in [0.3, 0.4) is 0 Å². The molecule has 6 aromatic carbocycles. The molecule has 49 heavy (non-hydrogen) atoms. The molecule has 3 heterocycles. The van der Waals surface area contributed by atoms with Crippen molar-refractivity contribution >= 4 is 32.6 Å². The first-order valence-electron chi connectivity index (χ1n) is 16.6. The number of aromatic nitrogens is 3. The highest BCUT2D eigenvalue weighted by Crippen LogP contribution is 2.48. The second kappa shape index (κ2) is 11.1. The van der Waals surface area contributed by atoms with E-state index in [0.717, 1.165) is 73.9 Å². The van der Waals surface area contributed by atoms with E-state index >= 15 is 0 Å². The van der Waals surface area contributed by atoms with Gasteiger partial charge in [-0.25, -0.2) is 9.97 Å². The van der Waals surface area contributed by atoms with E-state index in [4.69, 9.17) is 19.4 Å². The highest BCUT2D eigenvalue weighted by atomic mass is 16.6. The Labute approximate surface area is 283 Å². The Morgan fingerprint density at radius 1 is 0.592 bits per heavy atom. The summed E-state index contributed by atoms with van der Waals surface area (Å²) in [7, 11) is 0. The van der Waals surface area contributed by atoms with Gasteiger partial charge in [-0.1, -0.05) is 109 Å². The summed E-state index contributed by atoms with van der Waals surface area (Å²) in [6.45, 7) is 0. The minimum Gasteiger partial charge on any atom is -0.476 e. The third kappa shape index (κ3) is 4.54. The van der Waals surface area contributed by atoms with E-state index in [1.165, 1.54) is 16.2 Å². The van der Waals surface area contributed by atoms with Crippen molar-refractivity contribution in [3.63, 3.8) is 0 Å². The Morgan fingerprint density at radius 3 is 2.02 bits per heavy atom. The molecule has 2 aliphatic rings. The largest absolute Gasteiger partial charge is 0.476 e. The van der Waals surface area contributed by atoms with Crippen LogP contribution in [0, 0.1) is 0 Å². The normalized spacial score (nSPS) is 15.0. The molecule has 1 unspecified atom stereocenters. The van der Waals surface area contributed by atoms with E-state index in [0.29, 0.717) is 5.82 Å². The molecule has 0 fully saturated rings. The fraction of sp³-hybridized carbons (Fsp3) is 0.0455. The zero-order chi connectivity index (χ0) is 32.3. The Morgan fingerprint density at radius 2 is 1.27 bits per heavy atom. The number of hydrogen-bond donors (Lipinski definition) is 0. The lowest BCUT2D eigenvalue weighted by Crippen LogP contribution is -2.28. The van der Waals surface area contributed by atoms with E-state index < -0.39 is 0 Å². The van der Waals surface area contributed by atoms with Crippen molar-refractivity contribution in [2.24, 2.45) is 0 Å². The maximum absolute atomic E-state index is 6.77. The SMILES string of the molecule is C1=CCC2Oc3c(ccc4c5ccc6ccccc6c5n(-c5ccc(-c6nc(-c7ccccc7)cc(-c7ccccc7)n6)cc5)c34)OC2=C1. The number of nitrogens with zero attached hydrogens (tertiary/aromatic N) is 3. The van der Waals surface area contributed by atoms with Crippen LogP contribution in [0.15, 0.2) is 164 Å². The van der Waals surface area contributed by atoms with E-state index in [-0.39, 0.29) is 6.10 Å². The van der Waals surface area contributed by atoms with Gasteiger partial charge in [-0.2, -0.15) is 0 Å². The Kier molecular flexibility index (Phi) is 6.24. The molecule has 232 valence electrons. The fourth-order valence-corrected chi connectivity index (χ4v) is 7.18. The highest BCUT2D eigenvalue weighted by Gasteiger charge is 2.31. The lowest BCUT2D eigenvalue weighted by Gasteiger charge is -2.30. The molecular formula is C44H29N3O2. The number of ether oxygens (including phenoxy) is 2. The quantitative estimate of drug-likeness (QED) is 0.194. The second-order valence-corrected chi connectivity index (χ2v) is 12.5. The van der Waals surface area contributed by atoms with Crippen LogP contribution >= 0.6 is 0 Å². The molecule has 2 aromatic heterocycles. The summed E-state index contributed by atoms with van der Waals surface area (Å²) in [5.41, 5.74) is 7.97. The Balaban J connectivity index is 1.18. The topological polar surface area (TPSA) is 49.2 Å². The van der Waals surface area contributed by atoms with Crippen molar-refractivity contribution in [1.82, 2.24) is 14.5 Å². The molecular weight excluding hydrogens is 603 g/mol. The summed E-state index contributed by atoms with van der Waals surface area (Å²) in [4.78, 5) is 10.1. The van der Waals surface area contributed by atoms with Gasteiger partial charge in [0.05, 0.1) is 16.9 Å². The van der Waals surface area contributed by atoms with E-state index in [2.05, 4.69) is 108 Å². The van der Waals surface area contributed by atoms with E-state index in [1.54, 1.807) is 0 Å². The third-order valence-corrected chi connectivity index (χ3v) is 9.53. The van der Waals surface area contributed by atoms with Crippen LogP contribution in [0.4, 0.5) is 0 Å². The predicted octanol–water partition coefficient (Wildman–Crippen LogP) is 10.7. The summed E-state index contributed by atoms with van der Waals surface area (Å²) < 4.78 is 15.6. The standard InChI is InChI=1S/C44H29N3O2/c1-3-12-29(13-4-1)36-27-37(30-14-5-2-6-15-30)46-44(45-36)31-19-22-32(23-20-31)47-41-33-16-8-7-11-28(33)21-24-34(41)35-25-26-40-43(42(35)47)49-39-18-10-9-17-38(39)48-40/h1-17,19-27,39H,18H2. The van der Waals surface area contributed by atoms with Crippen molar-refractivity contribution in [3.8, 4) is 51.1 Å². The first-order chi connectivity index (χ1) is 24.3. The molecule has 1 atom stereocenters. The number of allylic oxidation sites excluding steroid dienone is 2. The molecule has 10 rings (SSSR count). The van der Waals surface area contributed by atoms with Gasteiger partial charge in [-0.05, 0) is 53.9 Å². The molecule has 0 saturated heterocycles. The van der Waals surface area contributed by atoms with E-state index in [9.17, 15) is 0 Å². The van der Waals surface area contributed by atoms with Crippen LogP contribution in [0.25, 0.3) is 72.2 Å². The summed E-state index contributed by atoms with van der Waals surface area (Å²) in [5.74, 6) is 3.03. The van der Waals surface area contributed by atoms with Gasteiger partial charge >= 0.3 is 0 Å². The van der Waals surface area contributed by atoms with Crippen molar-refractivity contribution in [1.29, 1.82) is 0 Å². The van der Waals surface area contributed by atoms with Crippen LogP contribution < -0.4 is 9.47 Å². The lowest BCUT2D eigenvalue weighted by molar-refractivity contribution is 0.149. The molecule has 0 bridgehead atoms. The summed E-state index contributed by atoms with van der Waals surface area (Å²) in [6, 6.07) is 48.4. The number of benzene rings is 6. The fourth-order valence-electron chi connectivity index (χ4n) is 7.18. The number of hydrogen-bond acceptors (Lipinski definition) is 4. The van der Waals surface area contributed by atoms with Crippen LogP contribution in [-0.4, -0.2) is 20.6 Å². The van der Waals surface area contributed by atoms with Gasteiger partial charge in [0, 0.05) is 45.0 Å². The van der Waals surface area contributed by atoms with Gasteiger partial charge in [0.1, 0.15) is 11.3 Å². The zero-order valence-corrected chi connectivity index (χ0v) is 26.5. The summed E-state index contributed by atoms with van der Waals surface area (Å²) in [6.07, 6.45) is 6.78. The van der Waals surface area contributed by atoms with Crippen LogP contribution in [0.1, 0.15) is 6.42 Å². The van der Waals surface area contributed by atoms with Gasteiger partial charge < -0.3 is 14.0 Å². The Bertz CT molecular complexity index is 2560. The summed E-state index contributed by atoms with van der Waals surface area (Å²) >= 11 is 0. The smallest absolute Gasteiger partial charge is 0.187 e. The lowest BCUT2D eigenvalue weighted by atomic mass is 10.0. The van der Waals surface area contributed by atoms with Gasteiger partial charge in [0.2, 0.25) is 0 Å². The molecule has 8 aromatic rings. The van der Waals surface area contributed by atoms with Crippen molar-refractivity contribution in [3.05, 3.63) is 164 Å². The van der Waals surface area contributed by atoms with Crippen molar-refractivity contribution < 1.29 is 9.47 Å². The van der Waals surface area contributed by atoms with Gasteiger partial charge in [-0.15, -0.1) is 0 Å². The Hall–Kier alpha value is -6.46. The summed E-state index contributed by atoms with van der Waals surface area (Å²) in [5, 5.41) is 4.65. The van der Waals surface area contributed by atoms with Crippen LogP contribution in [0.5, 0.6) is 11.5 Å². The van der Waals surface area contributed by atoms with Crippen LogP contribution in [-0.2, 0) is 0 Å². The first-order valence-corrected chi connectivity index (χ1v) is 16.6. The minimum absolute atomic E-state index is 0.151. The molecule has 5 nitrogen and oxygen atoms in total. The molecule has 5 heteroatoms. The van der Waals surface area contributed by atoms with Gasteiger partial charge in [0.15, 0.2) is 23.4 Å². The average Bonchev–Trinajstić information content (AvgIpc) is 3.53. The van der Waals surface area contributed by atoms with Crippen LogP contribution in [0.2, 0.25) is 0 Å². The molecule has 1 aliphatic heterocycles. The average molecular weight is 632 g/mol. The molecule has 0 N–H and O–H groups in total. The maximum Gasteiger partial charge on any atom is 0.187 e. The molecule has 0 saturated carbocycles. The molecule has 1 aliphatic carbocycles. The monoisotopic (exact) mass is 631 g/mol. The molecule has 0 amide bonds. The number of rotatable bonds is 4. The van der Waals surface area contributed by atoms with Crippen molar-refractivity contribution in [2.45, 2.75) is 12.5 Å². The molecule has 0 radical (unpaired) electrons. The zero-order valence-electron chi connectivity index (χ0n) is 26.5. The third-order valence-electron chi connectivity index (χ3n) is 9.53. The maximum atomic E-state index is 6.77. The van der Waals surface area contributed by atoms with Gasteiger partial charge in [0.25, 0.3) is 0 Å². The second-order valence-electron chi connectivity index (χ2n) is 12.5. The predicted molar refractivity (Wildman–Crippen MR) is 197 cm³/mol. The van der Waals surface area contributed by atoms with Gasteiger partial charge in [-0.3, -0.25) is 0 Å². The number of fused-ring (bicyclic) bond motifs is 8. The van der Waals surface area contributed by atoms with E-state index in [1.807, 2.05) is 54.6 Å². The highest BCUT2D eigenvalue weighted by molar-refractivity contribution is 6.20. The minimum atomic E-state index is -0.151.